The van der Waals surface area contributed by atoms with Crippen molar-refractivity contribution >= 4 is 74.1 Å². The Hall–Kier alpha value is -2.74. The van der Waals surface area contributed by atoms with E-state index in [4.69, 9.17) is 37.7 Å². The van der Waals surface area contributed by atoms with E-state index >= 15 is 0 Å². The number of carbonyl (C=O) groups is 2. The number of aliphatic hydroxyl groups excluding tert-OH is 5. The molecule has 70 heavy (non-hydrogen) atoms. The maximum atomic E-state index is 12.7. The molecule has 18 atom stereocenters. The van der Waals surface area contributed by atoms with E-state index in [0.29, 0.717) is 0 Å². The fraction of sp³-hybridized carbons (Fsp3) is 0.833. The molecule has 3 saturated heterocycles. The number of ether oxygens (including phenoxy) is 7. The first-order chi connectivity index (χ1) is 31.6. The van der Waals surface area contributed by atoms with Crippen LogP contribution >= 0.6 is 0 Å². The van der Waals surface area contributed by atoms with Crippen LogP contribution < -0.4 is 9.44 Å². The van der Waals surface area contributed by atoms with Gasteiger partial charge in [0, 0.05) is 0 Å². The maximum Gasteiger partial charge on any atom is 0.397 e. The van der Waals surface area contributed by atoms with Gasteiger partial charge in [-0.2, -0.15) is 60.0 Å². The van der Waals surface area contributed by atoms with E-state index in [9.17, 15) is 119 Å². The molecule has 0 aromatic rings. The van der Waals surface area contributed by atoms with Crippen molar-refractivity contribution in [2.75, 3.05) is 13.2 Å². The van der Waals surface area contributed by atoms with Crippen LogP contribution in [0, 0.1) is 0 Å². The van der Waals surface area contributed by atoms with Crippen molar-refractivity contribution < 1.29 is 173 Å². The molecule has 1 unspecified atom stereocenters. The Morgan fingerprint density at radius 1 is 0.529 bits per heavy atom. The highest BCUT2D eigenvalue weighted by Crippen LogP contribution is 2.36. The lowest BCUT2D eigenvalue weighted by atomic mass is 9.95. The lowest BCUT2D eigenvalue weighted by Gasteiger charge is -2.49. The molecule has 46 heteroatoms. The van der Waals surface area contributed by atoms with Crippen molar-refractivity contribution in [3.63, 3.8) is 0 Å². The predicted molar refractivity (Wildman–Crippen MR) is 200 cm³/mol. The summed E-state index contributed by atoms with van der Waals surface area (Å²) in [6.07, 6.45) is -44.0. The zero-order valence-corrected chi connectivity index (χ0v) is 38.3. The molecule has 0 amide bonds. The average Bonchev–Trinajstić information content (AvgIpc) is 3.16. The largest absolute Gasteiger partial charge is 0.479 e. The summed E-state index contributed by atoms with van der Waals surface area (Å²) in [6, 6.07) is -5.30. The summed E-state index contributed by atoms with van der Waals surface area (Å²) >= 11 is 0. The highest BCUT2D eigenvalue weighted by Gasteiger charge is 2.59. The second kappa shape index (κ2) is 22.4. The van der Waals surface area contributed by atoms with Crippen LogP contribution in [-0.4, -0.2) is 249 Å². The highest BCUT2D eigenvalue weighted by atomic mass is 32.3. The van der Waals surface area contributed by atoms with E-state index in [2.05, 4.69) is 16.7 Å². The summed E-state index contributed by atoms with van der Waals surface area (Å²) < 4.78 is 253. The van der Waals surface area contributed by atoms with Crippen LogP contribution in [0.2, 0.25) is 0 Å². The molecule has 4 aliphatic rings. The van der Waals surface area contributed by atoms with E-state index < -0.39 is 204 Å². The SMILES string of the molecule is O=C(O)C1=C[C@H](O)[C@@H](OS(=O)(=O)O)[C@H](O[C@H]2[C@H](O)[C@@H](NS(=O)(=O)O)[C@H](O[C@H]3[C@H](O)[C@@H](OS(=O)(=O)O)[C@H](O[C@H]4[C@H](O)[C@@H](NS(=O)(=O)O)C(O)O[C@@H]4COS(=O)(=O)O)O[C@H]3C(=O)O)O[C@@H]2COS(=O)(=O)O)O1. The van der Waals surface area contributed by atoms with Gasteiger partial charge in [-0.05, 0) is 6.08 Å². The molecule has 4 heterocycles. The molecule has 15 N–H and O–H groups in total. The van der Waals surface area contributed by atoms with Crippen LogP contribution in [0.15, 0.2) is 11.8 Å². The van der Waals surface area contributed by atoms with Crippen molar-refractivity contribution in [1.82, 2.24) is 9.44 Å². The molecule has 408 valence electrons. The third-order valence-electron chi connectivity index (χ3n) is 9.18. The van der Waals surface area contributed by atoms with E-state index in [0.717, 1.165) is 0 Å². The smallest absolute Gasteiger partial charge is 0.397 e. The van der Waals surface area contributed by atoms with Crippen molar-refractivity contribution in [2.24, 2.45) is 0 Å². The van der Waals surface area contributed by atoms with Gasteiger partial charge in [0.25, 0.3) is 0 Å². The van der Waals surface area contributed by atoms with Gasteiger partial charge in [-0.3, -0.25) is 27.3 Å². The standard InChI is InChI=1S/C24H38N2O38S6/c27-4-1-5(19(31)32)57-23(13(4)63-69(48,49)50)59-15-7(3-55-68(45,46)47)58-22(9(11(15)29)26-66(39,40)41)61-16-12(30)17(64-70(51,52)53)24(62-18(16)20(33)34)60-14-6(2-54-67(42,43)44)56-21(35)8(10(14)28)25-65(36,37)38/h1,4,6-18,21-30,35H,2-3H2,(H,31,32)(H,33,34)(H,36,37,38)(H,39,40,41)(H,42,43,44)(H,45,46,47)(H,48,49,50)(H,51,52,53)/t4-,6+,7+,8+,9+,10+,11+,12-,13+,14+,15+,16-,17+,18+,21?,22-,23-,24+/m0/s1. The number of rotatable bonds is 22. The van der Waals surface area contributed by atoms with Gasteiger partial charge in [-0.15, -0.1) is 0 Å². The average molecular weight is 1150 g/mol. The van der Waals surface area contributed by atoms with Crippen LogP contribution in [0.5, 0.6) is 0 Å². The quantitative estimate of drug-likeness (QED) is 0.0448. The zero-order valence-electron chi connectivity index (χ0n) is 33.4. The third kappa shape index (κ3) is 17.2. The first kappa shape index (κ1) is 59.8. The monoisotopic (exact) mass is 1150 g/mol. The summed E-state index contributed by atoms with van der Waals surface area (Å²) in [7, 11) is -34.0. The number of hydrogen-bond donors (Lipinski definition) is 15. The normalized spacial score (nSPS) is 37.2. The number of aliphatic carboxylic acids is 2. The van der Waals surface area contributed by atoms with Gasteiger partial charge in [0.15, 0.2) is 37.2 Å². The molecule has 0 spiro atoms. The van der Waals surface area contributed by atoms with Gasteiger partial charge >= 0.3 is 74.1 Å². The van der Waals surface area contributed by atoms with Gasteiger partial charge in [-0.25, -0.2) is 26.3 Å². The van der Waals surface area contributed by atoms with Crippen LogP contribution in [-0.2, 0) is 122 Å². The van der Waals surface area contributed by atoms with Gasteiger partial charge in [0.2, 0.25) is 12.0 Å². The Kier molecular flexibility index (Phi) is 19.1. The molecular weight excluding hydrogens is 1120 g/mol. The van der Waals surface area contributed by atoms with Crippen LogP contribution in [0.4, 0.5) is 0 Å². The van der Waals surface area contributed by atoms with Crippen molar-refractivity contribution in [3.05, 3.63) is 11.8 Å². The molecule has 0 aromatic carbocycles. The second-order valence-corrected chi connectivity index (χ2v) is 20.7. The second-order valence-electron chi connectivity index (χ2n) is 14.1. The van der Waals surface area contributed by atoms with Crippen molar-refractivity contribution in [2.45, 2.75) is 110 Å². The van der Waals surface area contributed by atoms with Crippen molar-refractivity contribution in [3.8, 4) is 0 Å². The molecule has 40 nitrogen and oxygen atoms in total. The molecular formula is C24H38N2O38S6. The summed E-state index contributed by atoms with van der Waals surface area (Å²) in [6.45, 7) is -3.27. The molecule has 3 fully saturated rings. The molecule has 0 bridgehead atoms. The summed E-state index contributed by atoms with van der Waals surface area (Å²) in [5.74, 6) is -5.71. The molecule has 0 saturated carbocycles. The number of aliphatic hydroxyl groups is 5. The van der Waals surface area contributed by atoms with E-state index in [-0.39, 0.29) is 6.08 Å². The lowest BCUT2D eigenvalue weighted by molar-refractivity contribution is -0.362. The molecule has 0 radical (unpaired) electrons. The lowest BCUT2D eigenvalue weighted by Crippen LogP contribution is -2.70. The molecule has 4 rings (SSSR count). The summed E-state index contributed by atoms with van der Waals surface area (Å²) in [5, 5.41) is 74.4. The minimum absolute atomic E-state index is 0.270. The Labute approximate surface area is 391 Å². The van der Waals surface area contributed by atoms with E-state index in [1.54, 1.807) is 0 Å². The fourth-order valence-electron chi connectivity index (χ4n) is 6.58. The number of nitrogens with one attached hydrogen (secondary N) is 2. The van der Waals surface area contributed by atoms with E-state index in [1.807, 2.05) is 0 Å². The summed E-state index contributed by atoms with van der Waals surface area (Å²) in [4.78, 5) is 24.4. The fourth-order valence-corrected chi connectivity index (χ4v) is 9.36. The van der Waals surface area contributed by atoms with Crippen LogP contribution in [0.3, 0.4) is 0 Å². The number of carboxylic acid groups (broad SMARTS) is 2. The molecule has 0 aliphatic carbocycles. The zero-order chi connectivity index (χ0) is 53.4. The van der Waals surface area contributed by atoms with Gasteiger partial charge < -0.3 is 68.9 Å². The minimum atomic E-state index is -6.01. The number of carboxylic acids is 2. The topological polar surface area (TPSA) is 628 Å². The van der Waals surface area contributed by atoms with Gasteiger partial charge in [0.1, 0.15) is 67.0 Å². The number of hydrogen-bond acceptors (Lipinski definition) is 30. The van der Waals surface area contributed by atoms with Gasteiger partial charge in [-0.1, -0.05) is 0 Å². The Morgan fingerprint density at radius 2 is 0.971 bits per heavy atom. The first-order valence-electron chi connectivity index (χ1n) is 17.9. The first-order valence-corrected chi connectivity index (χ1v) is 26.2. The van der Waals surface area contributed by atoms with Crippen molar-refractivity contribution in [1.29, 1.82) is 0 Å². The molecule has 0 aromatic heterocycles. The summed E-state index contributed by atoms with van der Waals surface area (Å²) in [5.41, 5.74) is 0. The Bertz CT molecular complexity index is 2610. The van der Waals surface area contributed by atoms with Gasteiger partial charge in [0.05, 0.1) is 13.2 Å². The Morgan fingerprint density at radius 3 is 1.43 bits per heavy atom. The molecule has 4 aliphatic heterocycles. The third-order valence-corrected chi connectivity index (χ3v) is 12.1. The minimum Gasteiger partial charge on any atom is -0.479 e. The van der Waals surface area contributed by atoms with E-state index in [1.165, 1.54) is 9.44 Å². The highest BCUT2D eigenvalue weighted by molar-refractivity contribution is 7.84. The predicted octanol–water partition coefficient (Wildman–Crippen LogP) is -10.3. The van der Waals surface area contributed by atoms with Crippen LogP contribution in [0.25, 0.3) is 0 Å². The maximum absolute atomic E-state index is 12.7. The Balaban J connectivity index is 1.80. The van der Waals surface area contributed by atoms with Crippen LogP contribution in [0.1, 0.15) is 0 Å².